The Morgan fingerprint density at radius 2 is 2.31 bits per heavy atom. The Morgan fingerprint density at radius 1 is 1.62 bits per heavy atom. The second kappa shape index (κ2) is 3.70. The molecule has 0 aromatic carbocycles. The van der Waals surface area contributed by atoms with Crippen molar-refractivity contribution in [2.75, 3.05) is 11.9 Å². The average molecular weight is 182 g/mol. The van der Waals surface area contributed by atoms with Crippen molar-refractivity contribution in [2.24, 2.45) is 0 Å². The fourth-order valence-electron chi connectivity index (χ4n) is 0.702. The van der Waals surface area contributed by atoms with E-state index >= 15 is 0 Å². The van der Waals surface area contributed by atoms with Gasteiger partial charge in [-0.25, -0.2) is 9.89 Å². The third-order valence-electron chi connectivity index (χ3n) is 1.27. The number of rotatable bonds is 3. The van der Waals surface area contributed by atoms with Crippen molar-refractivity contribution in [2.45, 2.75) is 6.92 Å². The van der Waals surface area contributed by atoms with Gasteiger partial charge in [0.05, 0.1) is 0 Å². The average Bonchev–Trinajstić information content (AvgIpc) is 2.02. The lowest BCUT2D eigenvalue weighted by Gasteiger charge is -2.01. The van der Waals surface area contributed by atoms with Crippen molar-refractivity contribution in [1.82, 2.24) is 15.2 Å². The molecule has 0 atom stereocenters. The summed E-state index contributed by atoms with van der Waals surface area (Å²) in [4.78, 5) is 23.6. The molecular formula is C7H10N4O2. The van der Waals surface area contributed by atoms with Gasteiger partial charge in [0.15, 0.2) is 0 Å². The smallest absolute Gasteiger partial charge is 0.342 e. The first-order valence-corrected chi connectivity index (χ1v) is 3.67. The predicted octanol–water partition coefficient (Wildman–Crippen LogP) is -0.554. The number of aromatic amines is 2. The predicted molar refractivity (Wildman–Crippen MR) is 48.8 cm³/mol. The summed E-state index contributed by atoms with van der Waals surface area (Å²) in [6, 6.07) is 0. The molecule has 6 nitrogen and oxygen atoms in total. The third-order valence-corrected chi connectivity index (χ3v) is 1.27. The van der Waals surface area contributed by atoms with E-state index in [-0.39, 0.29) is 5.82 Å². The molecule has 0 aliphatic heterocycles. The topological polar surface area (TPSA) is 90.6 Å². The molecule has 6 heteroatoms. The molecule has 0 aliphatic carbocycles. The molecule has 0 saturated carbocycles. The van der Waals surface area contributed by atoms with Crippen LogP contribution in [0.1, 0.15) is 6.92 Å². The number of hydrogen-bond acceptors (Lipinski definition) is 4. The second-order valence-corrected chi connectivity index (χ2v) is 2.67. The zero-order chi connectivity index (χ0) is 9.84. The number of anilines is 1. The molecule has 0 bridgehead atoms. The largest absolute Gasteiger partial charge is 0.360 e. The van der Waals surface area contributed by atoms with E-state index in [1.807, 2.05) is 11.9 Å². The minimum atomic E-state index is -0.620. The first kappa shape index (κ1) is 9.24. The van der Waals surface area contributed by atoms with Crippen LogP contribution in [0.3, 0.4) is 0 Å². The van der Waals surface area contributed by atoms with E-state index in [4.69, 9.17) is 0 Å². The molecule has 3 N–H and O–H groups in total. The Morgan fingerprint density at radius 3 is 2.85 bits per heavy atom. The molecule has 1 heterocycles. The standard InChI is InChI=1S/C7H10N4O2/c1-4(2)3-8-5-6(12)9-7(13)11-10-5/h1,3H2,2H3,(H,8,10)(H2,9,11,12,13). The van der Waals surface area contributed by atoms with Gasteiger partial charge in [0.25, 0.3) is 5.56 Å². The van der Waals surface area contributed by atoms with Gasteiger partial charge in [-0.2, -0.15) is 0 Å². The minimum absolute atomic E-state index is 0.0857. The van der Waals surface area contributed by atoms with Crippen molar-refractivity contribution in [1.29, 1.82) is 0 Å². The zero-order valence-corrected chi connectivity index (χ0v) is 7.18. The maximum atomic E-state index is 11.0. The summed E-state index contributed by atoms with van der Waals surface area (Å²) in [5.74, 6) is 0.0857. The maximum Gasteiger partial charge on any atom is 0.342 e. The van der Waals surface area contributed by atoms with Crippen molar-refractivity contribution >= 4 is 5.82 Å². The van der Waals surface area contributed by atoms with E-state index in [0.717, 1.165) is 5.57 Å². The van der Waals surface area contributed by atoms with Gasteiger partial charge >= 0.3 is 5.69 Å². The Kier molecular flexibility index (Phi) is 2.63. The maximum absolute atomic E-state index is 11.0. The van der Waals surface area contributed by atoms with Crippen LogP contribution >= 0.6 is 0 Å². The molecule has 0 radical (unpaired) electrons. The van der Waals surface area contributed by atoms with Gasteiger partial charge in [-0.05, 0) is 6.92 Å². The van der Waals surface area contributed by atoms with E-state index < -0.39 is 11.2 Å². The van der Waals surface area contributed by atoms with Crippen LogP contribution < -0.4 is 16.6 Å². The van der Waals surface area contributed by atoms with Crippen molar-refractivity contribution < 1.29 is 0 Å². The van der Waals surface area contributed by atoms with Gasteiger partial charge in [-0.3, -0.25) is 9.78 Å². The van der Waals surface area contributed by atoms with E-state index in [0.29, 0.717) is 6.54 Å². The summed E-state index contributed by atoms with van der Waals surface area (Å²) < 4.78 is 0. The van der Waals surface area contributed by atoms with Crippen LogP contribution in [0.4, 0.5) is 5.82 Å². The van der Waals surface area contributed by atoms with Gasteiger partial charge in [-0.1, -0.05) is 12.2 Å². The van der Waals surface area contributed by atoms with Gasteiger partial charge in [0.2, 0.25) is 5.82 Å². The van der Waals surface area contributed by atoms with Crippen LogP contribution in [-0.2, 0) is 0 Å². The fraction of sp³-hybridized carbons (Fsp3) is 0.286. The normalized spacial score (nSPS) is 9.62. The molecule has 70 valence electrons. The summed E-state index contributed by atoms with van der Waals surface area (Å²) in [6.45, 7) is 5.90. The van der Waals surface area contributed by atoms with Crippen LogP contribution in [0.2, 0.25) is 0 Å². The number of nitrogens with zero attached hydrogens (tertiary/aromatic N) is 1. The number of H-pyrrole nitrogens is 2. The van der Waals surface area contributed by atoms with Gasteiger partial charge in [0, 0.05) is 6.54 Å². The summed E-state index contributed by atoms with van der Waals surface area (Å²) >= 11 is 0. The van der Waals surface area contributed by atoms with E-state index in [9.17, 15) is 9.59 Å². The van der Waals surface area contributed by atoms with Crippen LogP contribution in [-0.4, -0.2) is 21.7 Å². The highest BCUT2D eigenvalue weighted by Crippen LogP contribution is 1.90. The first-order valence-electron chi connectivity index (χ1n) is 3.67. The lowest BCUT2D eigenvalue weighted by molar-refractivity contribution is 0.888. The summed E-state index contributed by atoms with van der Waals surface area (Å²) in [5, 5.41) is 8.34. The Labute approximate surface area is 73.7 Å². The number of nitrogens with one attached hydrogen (secondary N) is 3. The van der Waals surface area contributed by atoms with Crippen LogP contribution in [0.25, 0.3) is 0 Å². The fourth-order valence-corrected chi connectivity index (χ4v) is 0.702. The van der Waals surface area contributed by atoms with Crippen LogP contribution in [0.15, 0.2) is 21.7 Å². The molecule has 1 rings (SSSR count). The highest BCUT2D eigenvalue weighted by molar-refractivity contribution is 5.30. The molecule has 0 spiro atoms. The molecule has 0 amide bonds. The molecule has 0 aliphatic rings. The third kappa shape index (κ3) is 2.58. The van der Waals surface area contributed by atoms with Crippen molar-refractivity contribution in [3.63, 3.8) is 0 Å². The molecule has 0 fully saturated rings. The molecule has 0 unspecified atom stereocenters. The van der Waals surface area contributed by atoms with E-state index in [2.05, 4.69) is 22.1 Å². The van der Waals surface area contributed by atoms with Crippen molar-refractivity contribution in [3.05, 3.63) is 33.0 Å². The summed E-state index contributed by atoms with van der Waals surface area (Å²) in [7, 11) is 0. The quantitative estimate of drug-likeness (QED) is 0.547. The second-order valence-electron chi connectivity index (χ2n) is 2.67. The first-order chi connectivity index (χ1) is 6.09. The van der Waals surface area contributed by atoms with E-state index in [1.54, 1.807) is 0 Å². The Balaban J connectivity index is 2.84. The lowest BCUT2D eigenvalue weighted by Crippen LogP contribution is -2.27. The highest BCUT2D eigenvalue weighted by atomic mass is 16.2. The monoisotopic (exact) mass is 182 g/mol. The lowest BCUT2D eigenvalue weighted by atomic mass is 10.3. The molecule has 1 aromatic rings. The summed E-state index contributed by atoms with van der Waals surface area (Å²) in [5.41, 5.74) is -0.289. The van der Waals surface area contributed by atoms with Crippen molar-refractivity contribution in [3.8, 4) is 0 Å². The van der Waals surface area contributed by atoms with Crippen LogP contribution in [0.5, 0.6) is 0 Å². The highest BCUT2D eigenvalue weighted by Gasteiger charge is 1.99. The minimum Gasteiger partial charge on any atom is -0.360 e. The molecule has 13 heavy (non-hydrogen) atoms. The number of hydrogen-bond donors (Lipinski definition) is 3. The Bertz CT molecular complexity index is 417. The summed E-state index contributed by atoms with van der Waals surface area (Å²) in [6.07, 6.45) is 0. The van der Waals surface area contributed by atoms with Gasteiger partial charge in [-0.15, -0.1) is 5.10 Å². The molecule has 1 aromatic heterocycles. The zero-order valence-electron chi connectivity index (χ0n) is 7.18. The van der Waals surface area contributed by atoms with Gasteiger partial charge in [0.1, 0.15) is 0 Å². The molecular weight excluding hydrogens is 172 g/mol. The van der Waals surface area contributed by atoms with Crippen LogP contribution in [0, 0.1) is 0 Å². The Hall–Kier alpha value is -1.85. The van der Waals surface area contributed by atoms with Gasteiger partial charge < -0.3 is 5.32 Å². The SMILES string of the molecule is C=C(C)CNc1n[nH]c(=O)[nH]c1=O. The van der Waals surface area contributed by atoms with E-state index in [1.165, 1.54) is 0 Å². The number of aromatic nitrogens is 3. The molecule has 0 saturated heterocycles.